The van der Waals surface area contributed by atoms with Crippen LogP contribution in [0.5, 0.6) is 0 Å². The molecule has 0 saturated heterocycles. The third-order valence-corrected chi connectivity index (χ3v) is 4.69. The van der Waals surface area contributed by atoms with Crippen LogP contribution in [-0.4, -0.2) is 29.1 Å². The third-order valence-electron chi connectivity index (χ3n) is 4.69. The van der Waals surface area contributed by atoms with Crippen LogP contribution in [0.4, 0.5) is 4.79 Å². The predicted molar refractivity (Wildman–Crippen MR) is 126 cm³/mol. The molecule has 2 rings (SSSR count). The Hall–Kier alpha value is -3.35. The number of esters is 1. The number of carbonyl (C=O) groups is 3. The molecule has 2 aromatic carbocycles. The fraction of sp³-hybridized carbons (Fsp3) is 0.423. The van der Waals surface area contributed by atoms with E-state index in [2.05, 4.69) is 10.6 Å². The van der Waals surface area contributed by atoms with Crippen molar-refractivity contribution in [1.82, 2.24) is 10.6 Å². The molecule has 2 amide bonds. The molecule has 7 nitrogen and oxygen atoms in total. The second kappa shape index (κ2) is 11.0. The molecule has 0 aliphatic carbocycles. The largest absolute Gasteiger partial charge is 0.459 e. The van der Waals surface area contributed by atoms with Gasteiger partial charge in [-0.15, -0.1) is 0 Å². The van der Waals surface area contributed by atoms with E-state index in [0.717, 1.165) is 16.7 Å². The Labute approximate surface area is 195 Å². The van der Waals surface area contributed by atoms with E-state index >= 15 is 0 Å². The molecule has 0 saturated carbocycles. The molecule has 2 N–H and O–H groups in total. The van der Waals surface area contributed by atoms with Crippen molar-refractivity contribution in [2.45, 2.75) is 72.3 Å². The van der Waals surface area contributed by atoms with Crippen LogP contribution in [0.15, 0.2) is 48.5 Å². The molecule has 0 unspecified atom stereocenters. The molecule has 0 bridgehead atoms. The zero-order valence-electron chi connectivity index (χ0n) is 20.3. The minimum absolute atomic E-state index is 0.0537. The van der Waals surface area contributed by atoms with E-state index in [-0.39, 0.29) is 18.9 Å². The molecule has 33 heavy (non-hydrogen) atoms. The highest BCUT2D eigenvalue weighted by atomic mass is 16.6. The Bertz CT molecular complexity index is 958. The van der Waals surface area contributed by atoms with Gasteiger partial charge in [-0.1, -0.05) is 54.1 Å². The van der Waals surface area contributed by atoms with E-state index in [9.17, 15) is 14.4 Å². The second-order valence-electron chi connectivity index (χ2n) is 9.58. The number of carbonyl (C=O) groups excluding carboxylic acids is 3. The standard InChI is InChI=1S/C26H34N2O5/c1-18-7-9-20(10-8-18)16-27-22(29)15-19-11-13-21(14-12-19)17-32-23(30)26(5,6)28-24(31)33-25(2,3)4/h7-14H,15-17H2,1-6H3,(H,27,29)(H,28,31). The predicted octanol–water partition coefficient (Wildman–Crippen LogP) is 4.20. The number of ether oxygens (including phenoxy) is 2. The molecule has 0 radical (unpaired) electrons. The van der Waals surface area contributed by atoms with Gasteiger partial charge >= 0.3 is 12.1 Å². The van der Waals surface area contributed by atoms with Gasteiger partial charge in [0.2, 0.25) is 5.91 Å². The van der Waals surface area contributed by atoms with E-state index in [0.29, 0.717) is 6.54 Å². The normalized spacial score (nSPS) is 11.5. The summed E-state index contributed by atoms with van der Waals surface area (Å²) in [5.74, 6) is -0.641. The van der Waals surface area contributed by atoms with Gasteiger partial charge in [-0.05, 0) is 58.2 Å². The third kappa shape index (κ3) is 9.35. The van der Waals surface area contributed by atoms with Crippen LogP contribution in [0.2, 0.25) is 0 Å². The molecule has 0 fully saturated rings. The smallest absolute Gasteiger partial charge is 0.408 e. The van der Waals surface area contributed by atoms with Crippen LogP contribution in [0.3, 0.4) is 0 Å². The molecule has 0 atom stereocenters. The number of hydrogen-bond acceptors (Lipinski definition) is 5. The van der Waals surface area contributed by atoms with Crippen molar-refractivity contribution in [2.24, 2.45) is 0 Å². The summed E-state index contributed by atoms with van der Waals surface area (Å²) in [5, 5.41) is 5.44. The maximum Gasteiger partial charge on any atom is 0.408 e. The first-order valence-electron chi connectivity index (χ1n) is 10.9. The van der Waals surface area contributed by atoms with E-state index in [1.807, 2.05) is 55.5 Å². The summed E-state index contributed by atoms with van der Waals surface area (Å²) in [6.07, 6.45) is -0.423. The fourth-order valence-electron chi connectivity index (χ4n) is 2.85. The van der Waals surface area contributed by atoms with Gasteiger partial charge in [0.1, 0.15) is 17.7 Å². The Balaban J connectivity index is 1.79. The molecule has 0 aliphatic heterocycles. The number of nitrogens with one attached hydrogen (secondary N) is 2. The summed E-state index contributed by atoms with van der Waals surface area (Å²) in [5.41, 5.74) is 1.97. The van der Waals surface area contributed by atoms with E-state index in [1.54, 1.807) is 34.6 Å². The lowest BCUT2D eigenvalue weighted by atomic mass is 10.1. The average molecular weight is 455 g/mol. The van der Waals surface area contributed by atoms with Crippen molar-refractivity contribution in [3.63, 3.8) is 0 Å². The minimum atomic E-state index is -1.24. The van der Waals surface area contributed by atoms with E-state index in [1.165, 1.54) is 5.56 Å². The topological polar surface area (TPSA) is 93.7 Å². The number of aryl methyl sites for hydroxylation is 1. The number of alkyl carbamates (subject to hydrolysis) is 1. The highest BCUT2D eigenvalue weighted by molar-refractivity contribution is 5.85. The molecule has 178 valence electrons. The molecular weight excluding hydrogens is 420 g/mol. The summed E-state index contributed by atoms with van der Waals surface area (Å²) in [4.78, 5) is 36.6. The van der Waals surface area contributed by atoms with E-state index in [4.69, 9.17) is 9.47 Å². The molecule has 0 heterocycles. The Morgan fingerprint density at radius 1 is 0.818 bits per heavy atom. The zero-order chi connectivity index (χ0) is 24.6. The quantitative estimate of drug-likeness (QED) is 0.583. The highest BCUT2D eigenvalue weighted by Gasteiger charge is 2.33. The first kappa shape index (κ1) is 25.9. The fourth-order valence-corrected chi connectivity index (χ4v) is 2.85. The van der Waals surface area contributed by atoms with Crippen molar-refractivity contribution in [3.8, 4) is 0 Å². The summed E-state index contributed by atoms with van der Waals surface area (Å²) in [7, 11) is 0. The van der Waals surface area contributed by atoms with Crippen LogP contribution in [0.1, 0.15) is 56.9 Å². The van der Waals surface area contributed by atoms with Gasteiger partial charge in [0.05, 0.1) is 6.42 Å². The highest BCUT2D eigenvalue weighted by Crippen LogP contribution is 2.13. The lowest BCUT2D eigenvalue weighted by molar-refractivity contribution is -0.151. The monoisotopic (exact) mass is 454 g/mol. The SMILES string of the molecule is Cc1ccc(CNC(=O)Cc2ccc(COC(=O)C(C)(C)NC(=O)OC(C)(C)C)cc2)cc1. The summed E-state index contributed by atoms with van der Waals surface area (Å²) < 4.78 is 10.5. The van der Waals surface area contributed by atoms with Crippen LogP contribution < -0.4 is 10.6 Å². The van der Waals surface area contributed by atoms with E-state index < -0.39 is 23.2 Å². The minimum Gasteiger partial charge on any atom is -0.459 e. The second-order valence-corrected chi connectivity index (χ2v) is 9.58. The maximum absolute atomic E-state index is 12.4. The number of rotatable bonds is 8. The van der Waals surface area contributed by atoms with Gasteiger partial charge in [-0.25, -0.2) is 9.59 Å². The molecule has 7 heteroatoms. The van der Waals surface area contributed by atoms with Crippen LogP contribution >= 0.6 is 0 Å². The van der Waals surface area contributed by atoms with Crippen molar-refractivity contribution in [2.75, 3.05) is 0 Å². The summed E-state index contributed by atoms with van der Waals surface area (Å²) in [6.45, 7) is 10.9. The van der Waals surface area contributed by atoms with Crippen molar-refractivity contribution < 1.29 is 23.9 Å². The Kier molecular flexibility index (Phi) is 8.63. The first-order chi connectivity index (χ1) is 15.3. The van der Waals surface area contributed by atoms with Crippen LogP contribution in [0.25, 0.3) is 0 Å². The first-order valence-corrected chi connectivity index (χ1v) is 10.9. The number of amides is 2. The van der Waals surface area contributed by atoms with Crippen molar-refractivity contribution in [3.05, 3.63) is 70.8 Å². The lowest BCUT2D eigenvalue weighted by Crippen LogP contribution is -2.51. The number of benzene rings is 2. The van der Waals surface area contributed by atoms with Crippen LogP contribution in [-0.2, 0) is 38.6 Å². The molecule has 0 spiro atoms. The lowest BCUT2D eigenvalue weighted by Gasteiger charge is -2.27. The van der Waals surface area contributed by atoms with Crippen molar-refractivity contribution in [1.29, 1.82) is 0 Å². The number of hydrogen-bond donors (Lipinski definition) is 2. The van der Waals surface area contributed by atoms with Gasteiger partial charge in [0.25, 0.3) is 0 Å². The Morgan fingerprint density at radius 3 is 1.94 bits per heavy atom. The van der Waals surface area contributed by atoms with Gasteiger partial charge in [-0.3, -0.25) is 4.79 Å². The summed E-state index contributed by atoms with van der Waals surface area (Å²) >= 11 is 0. The van der Waals surface area contributed by atoms with Gasteiger partial charge < -0.3 is 20.1 Å². The van der Waals surface area contributed by atoms with Gasteiger partial charge in [0.15, 0.2) is 0 Å². The molecule has 2 aromatic rings. The maximum atomic E-state index is 12.4. The van der Waals surface area contributed by atoms with Gasteiger partial charge in [-0.2, -0.15) is 0 Å². The van der Waals surface area contributed by atoms with Gasteiger partial charge in [0, 0.05) is 6.54 Å². The van der Waals surface area contributed by atoms with Crippen molar-refractivity contribution >= 4 is 18.0 Å². The molecule has 0 aromatic heterocycles. The summed E-state index contributed by atoms with van der Waals surface area (Å²) in [6, 6.07) is 15.3. The molecular formula is C26H34N2O5. The van der Waals surface area contributed by atoms with Crippen LogP contribution in [0, 0.1) is 6.92 Å². The molecule has 0 aliphatic rings. The Morgan fingerprint density at radius 2 is 1.36 bits per heavy atom. The zero-order valence-corrected chi connectivity index (χ0v) is 20.3. The average Bonchev–Trinajstić information content (AvgIpc) is 2.70.